The third-order valence-electron chi connectivity index (χ3n) is 9.96. The van der Waals surface area contributed by atoms with Crippen LogP contribution in [0.1, 0.15) is 90.0 Å². The molecule has 3 amide bonds. The van der Waals surface area contributed by atoms with Crippen LogP contribution in [0.25, 0.3) is 0 Å². The fourth-order valence-electron chi connectivity index (χ4n) is 7.89. The third-order valence-corrected chi connectivity index (χ3v) is 10.2. The van der Waals surface area contributed by atoms with Crippen LogP contribution >= 0.6 is 11.6 Å². The van der Waals surface area contributed by atoms with Crippen molar-refractivity contribution in [3.8, 4) is 0 Å². The largest absolute Gasteiger partial charge is 0.335 e. The number of urea groups is 1. The van der Waals surface area contributed by atoms with Crippen molar-refractivity contribution in [3.05, 3.63) is 34.9 Å². The Morgan fingerprint density at radius 2 is 1.62 bits per heavy atom. The van der Waals surface area contributed by atoms with Gasteiger partial charge in [-0.25, -0.2) is 4.79 Å². The van der Waals surface area contributed by atoms with E-state index in [1.165, 1.54) is 19.3 Å². The van der Waals surface area contributed by atoms with Crippen LogP contribution in [0.4, 0.5) is 4.79 Å². The van der Waals surface area contributed by atoms with E-state index in [4.69, 9.17) is 11.6 Å². The average molecular weight is 572 g/mol. The Balaban J connectivity index is 1.33. The molecule has 3 heterocycles. The zero-order valence-electron chi connectivity index (χ0n) is 24.6. The second kappa shape index (κ2) is 13.9. The molecule has 3 unspecified atom stereocenters. The molecule has 1 saturated carbocycles. The lowest BCUT2D eigenvalue weighted by atomic mass is 9.89. The number of nitrogens with zero attached hydrogens (tertiary/aromatic N) is 3. The first-order valence-electron chi connectivity index (χ1n) is 16.1. The molecule has 3 aliphatic heterocycles. The fourth-order valence-corrected chi connectivity index (χ4v) is 8.02. The van der Waals surface area contributed by atoms with Gasteiger partial charge in [0.2, 0.25) is 5.91 Å². The molecule has 3 saturated heterocycles. The number of hydrogen-bond donors (Lipinski definition) is 2. The van der Waals surface area contributed by atoms with Gasteiger partial charge in [0.15, 0.2) is 0 Å². The normalized spacial score (nSPS) is 27.8. The maximum atomic E-state index is 14.3. The summed E-state index contributed by atoms with van der Waals surface area (Å²) in [7, 11) is 0. The molecular formula is C32H50ClN5O2. The molecule has 4 aliphatic rings. The summed E-state index contributed by atoms with van der Waals surface area (Å²) in [6.45, 7) is 7.62. The predicted molar refractivity (Wildman–Crippen MR) is 162 cm³/mol. The van der Waals surface area contributed by atoms with Gasteiger partial charge in [0.05, 0.1) is 6.04 Å². The van der Waals surface area contributed by atoms with E-state index in [0.29, 0.717) is 18.5 Å². The first kappa shape index (κ1) is 29.7. The summed E-state index contributed by atoms with van der Waals surface area (Å²) in [5.74, 6) is 0.241. The molecule has 222 valence electrons. The standard InChI is InChI=1S/C32H50ClN5O2/c1-3-36(4-2)32(40)38(26-10-6-5-7-11-26)29-20-27-16-17-28(21-29)37(27)31(39)30(35-25-9-8-18-34-22-25)19-23-12-14-24(33)15-13-23/h12-15,25-30,34-35H,3-11,16-22H2,1-2H3/t25?,27?,28?,29?,30-/m0/s1. The molecule has 1 aliphatic carbocycles. The van der Waals surface area contributed by atoms with Crippen molar-refractivity contribution in [2.24, 2.45) is 0 Å². The van der Waals surface area contributed by atoms with Crippen LogP contribution in [-0.2, 0) is 11.2 Å². The molecule has 0 radical (unpaired) electrons. The van der Waals surface area contributed by atoms with Crippen LogP contribution in [0.15, 0.2) is 24.3 Å². The Kier molecular flexibility index (Phi) is 10.3. The molecule has 2 bridgehead atoms. The summed E-state index contributed by atoms with van der Waals surface area (Å²) in [5, 5.41) is 7.97. The number of hydrogen-bond acceptors (Lipinski definition) is 4. The van der Waals surface area contributed by atoms with Crippen molar-refractivity contribution < 1.29 is 9.59 Å². The smallest absolute Gasteiger partial charge is 0.320 e. The van der Waals surface area contributed by atoms with Gasteiger partial charge in [-0.05, 0) is 95.9 Å². The summed E-state index contributed by atoms with van der Waals surface area (Å²) >= 11 is 6.16. The summed E-state index contributed by atoms with van der Waals surface area (Å²) < 4.78 is 0. The van der Waals surface area contributed by atoms with Crippen LogP contribution in [0, 0.1) is 0 Å². The molecule has 1 aromatic rings. The molecule has 40 heavy (non-hydrogen) atoms. The van der Waals surface area contributed by atoms with E-state index in [9.17, 15) is 9.59 Å². The van der Waals surface area contributed by atoms with Gasteiger partial charge in [-0.3, -0.25) is 4.79 Å². The van der Waals surface area contributed by atoms with Crippen molar-refractivity contribution in [2.45, 2.75) is 127 Å². The number of amides is 3. The molecule has 2 N–H and O–H groups in total. The predicted octanol–water partition coefficient (Wildman–Crippen LogP) is 5.21. The number of piperidine rings is 2. The van der Waals surface area contributed by atoms with Crippen LogP contribution in [-0.4, -0.2) is 89.1 Å². The van der Waals surface area contributed by atoms with Crippen molar-refractivity contribution in [2.75, 3.05) is 26.2 Å². The van der Waals surface area contributed by atoms with E-state index in [1.807, 2.05) is 29.2 Å². The highest BCUT2D eigenvalue weighted by molar-refractivity contribution is 6.30. The maximum Gasteiger partial charge on any atom is 0.320 e. The first-order chi connectivity index (χ1) is 19.5. The fraction of sp³-hybridized carbons (Fsp3) is 0.750. The Hall–Kier alpha value is -1.83. The molecule has 4 atom stereocenters. The minimum atomic E-state index is -0.252. The van der Waals surface area contributed by atoms with Crippen LogP contribution in [0.5, 0.6) is 0 Å². The van der Waals surface area contributed by atoms with Crippen LogP contribution in [0.3, 0.4) is 0 Å². The molecule has 0 aromatic heterocycles. The molecule has 4 fully saturated rings. The first-order valence-corrected chi connectivity index (χ1v) is 16.5. The second-order valence-electron chi connectivity index (χ2n) is 12.5. The minimum Gasteiger partial charge on any atom is -0.335 e. The van der Waals surface area contributed by atoms with E-state index in [-0.39, 0.29) is 36.1 Å². The Labute approximate surface area is 246 Å². The van der Waals surface area contributed by atoms with Gasteiger partial charge in [-0.2, -0.15) is 0 Å². The highest BCUT2D eigenvalue weighted by atomic mass is 35.5. The number of halogens is 1. The summed E-state index contributed by atoms with van der Waals surface area (Å²) in [6, 6.07) is 9.19. The molecule has 0 spiro atoms. The zero-order valence-corrected chi connectivity index (χ0v) is 25.4. The van der Waals surface area contributed by atoms with Gasteiger partial charge in [0, 0.05) is 54.9 Å². The molecule has 8 heteroatoms. The van der Waals surface area contributed by atoms with E-state index in [1.54, 1.807) is 0 Å². The summed E-state index contributed by atoms with van der Waals surface area (Å²) in [5.41, 5.74) is 1.13. The highest BCUT2D eigenvalue weighted by Gasteiger charge is 2.48. The van der Waals surface area contributed by atoms with Crippen molar-refractivity contribution in [3.63, 3.8) is 0 Å². The number of fused-ring (bicyclic) bond motifs is 2. The van der Waals surface area contributed by atoms with E-state index in [0.717, 1.165) is 88.1 Å². The zero-order chi connectivity index (χ0) is 28.1. The third kappa shape index (κ3) is 6.79. The molecule has 5 rings (SSSR count). The Bertz CT molecular complexity index is 960. The number of carbonyl (C=O) groups excluding carboxylic acids is 2. The lowest BCUT2D eigenvalue weighted by molar-refractivity contribution is -0.139. The monoisotopic (exact) mass is 571 g/mol. The number of rotatable bonds is 9. The average Bonchev–Trinajstić information content (AvgIpc) is 3.24. The molecule has 7 nitrogen and oxygen atoms in total. The van der Waals surface area contributed by atoms with Crippen molar-refractivity contribution in [1.29, 1.82) is 0 Å². The van der Waals surface area contributed by atoms with E-state index < -0.39 is 0 Å². The van der Waals surface area contributed by atoms with Crippen molar-refractivity contribution >= 4 is 23.5 Å². The SMILES string of the molecule is CCN(CC)C(=O)N(C1CCCCC1)C1CC2CCC(C1)N2C(=O)[C@H](Cc1ccc(Cl)cc1)NC1CCCNC1. The number of benzene rings is 1. The van der Waals surface area contributed by atoms with Gasteiger partial charge >= 0.3 is 6.03 Å². The summed E-state index contributed by atoms with van der Waals surface area (Å²) in [6.07, 6.45) is 12.7. The van der Waals surface area contributed by atoms with Crippen LogP contribution < -0.4 is 10.6 Å². The molecular weight excluding hydrogens is 522 g/mol. The summed E-state index contributed by atoms with van der Waals surface area (Å²) in [4.78, 5) is 34.7. The van der Waals surface area contributed by atoms with Gasteiger partial charge in [0.1, 0.15) is 0 Å². The number of carbonyl (C=O) groups is 2. The van der Waals surface area contributed by atoms with E-state index in [2.05, 4.69) is 34.3 Å². The van der Waals surface area contributed by atoms with Gasteiger partial charge in [-0.15, -0.1) is 0 Å². The quantitative estimate of drug-likeness (QED) is 0.427. The number of nitrogens with one attached hydrogen (secondary N) is 2. The van der Waals surface area contributed by atoms with E-state index >= 15 is 0 Å². The lowest BCUT2D eigenvalue weighted by Crippen LogP contribution is -2.62. The lowest BCUT2D eigenvalue weighted by Gasteiger charge is -2.48. The molecule has 1 aromatic carbocycles. The Morgan fingerprint density at radius 1 is 0.950 bits per heavy atom. The second-order valence-corrected chi connectivity index (χ2v) is 12.9. The highest BCUT2D eigenvalue weighted by Crippen LogP contribution is 2.40. The Morgan fingerprint density at radius 3 is 2.23 bits per heavy atom. The van der Waals surface area contributed by atoms with Gasteiger partial charge < -0.3 is 25.3 Å². The van der Waals surface area contributed by atoms with Gasteiger partial charge in [-0.1, -0.05) is 43.0 Å². The maximum absolute atomic E-state index is 14.3. The van der Waals surface area contributed by atoms with Crippen molar-refractivity contribution in [1.82, 2.24) is 25.3 Å². The topological polar surface area (TPSA) is 67.9 Å². The van der Waals surface area contributed by atoms with Gasteiger partial charge in [0.25, 0.3) is 0 Å². The minimum absolute atomic E-state index is 0.214. The van der Waals surface area contributed by atoms with Crippen LogP contribution in [0.2, 0.25) is 5.02 Å².